The van der Waals surface area contributed by atoms with Crippen molar-refractivity contribution in [1.82, 2.24) is 0 Å². The Kier molecular flexibility index (Phi) is 5.34. The number of esters is 1. The number of carbonyl (C=O) groups excluding carboxylic acids is 1. The number of hydrogen-bond donors (Lipinski definition) is 0. The molecule has 0 aromatic heterocycles. The zero-order valence-electron chi connectivity index (χ0n) is 12.8. The van der Waals surface area contributed by atoms with E-state index >= 15 is 0 Å². The van der Waals surface area contributed by atoms with Crippen molar-refractivity contribution >= 4 is 12.0 Å². The molecule has 0 aliphatic heterocycles. The Morgan fingerprint density at radius 3 is 2.81 bits per heavy atom. The van der Waals surface area contributed by atoms with Gasteiger partial charge in [0.2, 0.25) is 0 Å². The molecule has 0 fully saturated rings. The lowest BCUT2D eigenvalue weighted by molar-refractivity contribution is -0.140. The van der Waals surface area contributed by atoms with Gasteiger partial charge in [-0.15, -0.1) is 0 Å². The summed E-state index contributed by atoms with van der Waals surface area (Å²) in [5.74, 6) is 0.145. The Bertz CT molecular complexity index is 555. The molecule has 112 valence electrons. The van der Waals surface area contributed by atoms with E-state index in [2.05, 4.69) is 24.3 Å². The molecule has 3 heteroatoms. The van der Waals surface area contributed by atoms with Crippen molar-refractivity contribution in [3.8, 4) is 0 Å². The van der Waals surface area contributed by atoms with Crippen LogP contribution in [0, 0.1) is 5.92 Å². The molecule has 0 spiro atoms. The van der Waals surface area contributed by atoms with E-state index in [-0.39, 0.29) is 18.5 Å². The standard InChI is InChI=1S/C18H22O3/c1-13(2)11-21-18(19)16(12-20-3)10-15-9-8-14-6-4-5-7-17(14)15/h4-10,13,15H,11-12H2,1-3H3. The molecule has 1 aromatic rings. The van der Waals surface area contributed by atoms with Crippen molar-refractivity contribution < 1.29 is 14.3 Å². The summed E-state index contributed by atoms with van der Waals surface area (Å²) in [4.78, 5) is 12.1. The molecule has 1 unspecified atom stereocenters. The number of ether oxygens (including phenoxy) is 2. The Balaban J connectivity index is 2.15. The van der Waals surface area contributed by atoms with E-state index in [1.165, 1.54) is 11.1 Å². The summed E-state index contributed by atoms with van der Waals surface area (Å²) in [5.41, 5.74) is 2.98. The highest BCUT2D eigenvalue weighted by atomic mass is 16.5. The minimum atomic E-state index is -0.289. The Morgan fingerprint density at radius 2 is 2.10 bits per heavy atom. The van der Waals surface area contributed by atoms with E-state index in [0.29, 0.717) is 18.1 Å². The maximum absolute atomic E-state index is 12.1. The van der Waals surface area contributed by atoms with Crippen LogP contribution in [0.15, 0.2) is 42.0 Å². The first-order chi connectivity index (χ1) is 10.1. The zero-order chi connectivity index (χ0) is 15.2. The van der Waals surface area contributed by atoms with Crippen LogP contribution in [-0.4, -0.2) is 26.3 Å². The van der Waals surface area contributed by atoms with Crippen molar-refractivity contribution in [3.05, 3.63) is 53.1 Å². The van der Waals surface area contributed by atoms with Crippen LogP contribution in [0.4, 0.5) is 0 Å². The predicted molar refractivity (Wildman–Crippen MR) is 84.0 cm³/mol. The smallest absolute Gasteiger partial charge is 0.336 e. The van der Waals surface area contributed by atoms with Gasteiger partial charge in [0.25, 0.3) is 0 Å². The minimum absolute atomic E-state index is 0.109. The lowest BCUT2D eigenvalue weighted by Crippen LogP contribution is -2.16. The number of allylic oxidation sites excluding steroid dienone is 2. The van der Waals surface area contributed by atoms with E-state index in [0.717, 1.165) is 0 Å². The molecule has 0 saturated heterocycles. The Labute approximate surface area is 126 Å². The first-order valence-electron chi connectivity index (χ1n) is 7.25. The topological polar surface area (TPSA) is 35.5 Å². The van der Waals surface area contributed by atoms with Gasteiger partial charge in [-0.25, -0.2) is 4.79 Å². The maximum atomic E-state index is 12.1. The van der Waals surface area contributed by atoms with E-state index in [1.54, 1.807) is 7.11 Å². The summed E-state index contributed by atoms with van der Waals surface area (Å²) in [6, 6.07) is 8.19. The molecular weight excluding hydrogens is 264 g/mol. The predicted octanol–water partition coefficient (Wildman–Crippen LogP) is 3.57. The van der Waals surface area contributed by atoms with Crippen LogP contribution in [0.1, 0.15) is 30.9 Å². The second kappa shape index (κ2) is 7.23. The van der Waals surface area contributed by atoms with Crippen LogP contribution >= 0.6 is 0 Å². The van der Waals surface area contributed by atoms with Crippen LogP contribution in [0.3, 0.4) is 0 Å². The highest BCUT2D eigenvalue weighted by molar-refractivity contribution is 5.89. The van der Waals surface area contributed by atoms with Gasteiger partial charge in [0.1, 0.15) is 0 Å². The molecule has 0 saturated carbocycles. The maximum Gasteiger partial charge on any atom is 0.336 e. The van der Waals surface area contributed by atoms with Crippen molar-refractivity contribution in [3.63, 3.8) is 0 Å². The van der Waals surface area contributed by atoms with Crippen LogP contribution in [-0.2, 0) is 14.3 Å². The fraction of sp³-hybridized carbons (Fsp3) is 0.389. The Morgan fingerprint density at radius 1 is 1.33 bits per heavy atom. The molecule has 0 N–H and O–H groups in total. The normalized spacial score (nSPS) is 17.1. The van der Waals surface area contributed by atoms with Gasteiger partial charge < -0.3 is 9.47 Å². The van der Waals surface area contributed by atoms with Gasteiger partial charge in [-0.05, 0) is 17.0 Å². The van der Waals surface area contributed by atoms with Gasteiger partial charge >= 0.3 is 5.97 Å². The summed E-state index contributed by atoms with van der Waals surface area (Å²) in [6.07, 6.45) is 6.12. The number of fused-ring (bicyclic) bond motifs is 1. The van der Waals surface area contributed by atoms with Crippen molar-refractivity contribution in [1.29, 1.82) is 0 Å². The van der Waals surface area contributed by atoms with Crippen LogP contribution < -0.4 is 0 Å². The second-order valence-corrected chi connectivity index (χ2v) is 5.63. The molecule has 0 amide bonds. The number of rotatable bonds is 6. The molecular formula is C18H22O3. The van der Waals surface area contributed by atoms with Crippen molar-refractivity contribution in [2.45, 2.75) is 19.8 Å². The van der Waals surface area contributed by atoms with E-state index in [9.17, 15) is 4.79 Å². The third kappa shape index (κ3) is 4.05. The molecule has 2 rings (SSSR count). The number of benzene rings is 1. The third-order valence-corrected chi connectivity index (χ3v) is 3.33. The van der Waals surface area contributed by atoms with Gasteiger partial charge in [-0.3, -0.25) is 0 Å². The summed E-state index contributed by atoms with van der Waals surface area (Å²) in [7, 11) is 1.59. The molecule has 0 radical (unpaired) electrons. The van der Waals surface area contributed by atoms with Crippen molar-refractivity contribution in [2.24, 2.45) is 5.92 Å². The average molecular weight is 286 g/mol. The van der Waals surface area contributed by atoms with Crippen LogP contribution in [0.25, 0.3) is 6.08 Å². The number of carbonyl (C=O) groups is 1. The van der Waals surface area contributed by atoms with Gasteiger partial charge in [0.15, 0.2) is 0 Å². The molecule has 1 atom stereocenters. The number of hydrogen-bond acceptors (Lipinski definition) is 3. The molecule has 1 aliphatic carbocycles. The van der Waals surface area contributed by atoms with Crippen LogP contribution in [0.2, 0.25) is 0 Å². The zero-order valence-corrected chi connectivity index (χ0v) is 12.8. The summed E-state index contributed by atoms with van der Waals surface area (Å²) < 4.78 is 10.4. The third-order valence-electron chi connectivity index (χ3n) is 3.33. The first kappa shape index (κ1) is 15.5. The molecule has 0 heterocycles. The second-order valence-electron chi connectivity index (χ2n) is 5.63. The largest absolute Gasteiger partial charge is 0.462 e. The first-order valence-corrected chi connectivity index (χ1v) is 7.25. The SMILES string of the molecule is COCC(=CC1C=Cc2ccccc21)C(=O)OCC(C)C. The lowest BCUT2D eigenvalue weighted by Gasteiger charge is -2.12. The highest BCUT2D eigenvalue weighted by Gasteiger charge is 2.19. The Hall–Kier alpha value is -1.87. The quantitative estimate of drug-likeness (QED) is 0.592. The minimum Gasteiger partial charge on any atom is -0.462 e. The summed E-state index contributed by atoms with van der Waals surface area (Å²) >= 11 is 0. The molecule has 21 heavy (non-hydrogen) atoms. The molecule has 1 aromatic carbocycles. The van der Waals surface area contributed by atoms with Crippen molar-refractivity contribution in [2.75, 3.05) is 20.3 Å². The summed E-state index contributed by atoms with van der Waals surface area (Å²) in [5, 5.41) is 0. The van der Waals surface area contributed by atoms with Gasteiger partial charge in [0, 0.05) is 13.0 Å². The van der Waals surface area contributed by atoms with E-state index in [1.807, 2.05) is 32.1 Å². The molecule has 0 bridgehead atoms. The highest BCUT2D eigenvalue weighted by Crippen LogP contribution is 2.31. The fourth-order valence-corrected chi connectivity index (χ4v) is 2.30. The van der Waals surface area contributed by atoms with Crippen LogP contribution in [0.5, 0.6) is 0 Å². The molecule has 3 nitrogen and oxygen atoms in total. The summed E-state index contributed by atoms with van der Waals surface area (Å²) in [6.45, 7) is 4.73. The van der Waals surface area contributed by atoms with Gasteiger partial charge in [-0.1, -0.05) is 56.3 Å². The van der Waals surface area contributed by atoms with E-state index in [4.69, 9.17) is 9.47 Å². The van der Waals surface area contributed by atoms with Gasteiger partial charge in [0.05, 0.1) is 18.8 Å². The van der Waals surface area contributed by atoms with E-state index < -0.39 is 0 Å². The monoisotopic (exact) mass is 286 g/mol. The average Bonchev–Trinajstić information content (AvgIpc) is 2.87. The number of methoxy groups -OCH3 is 1. The lowest BCUT2D eigenvalue weighted by atomic mass is 9.98. The fourth-order valence-electron chi connectivity index (χ4n) is 2.30. The van der Waals surface area contributed by atoms with Gasteiger partial charge in [-0.2, -0.15) is 0 Å². The molecule has 1 aliphatic rings.